The summed E-state index contributed by atoms with van der Waals surface area (Å²) in [6, 6.07) is 3.61. The molecule has 0 saturated carbocycles. The second kappa shape index (κ2) is 8.11. The predicted molar refractivity (Wildman–Crippen MR) is 75.4 cm³/mol. The summed E-state index contributed by atoms with van der Waals surface area (Å²) in [5.41, 5.74) is 0.837. The van der Waals surface area contributed by atoms with E-state index in [-0.39, 0.29) is 5.91 Å². The van der Waals surface area contributed by atoms with Crippen molar-refractivity contribution < 1.29 is 14.1 Å². The first-order chi connectivity index (χ1) is 10.3. The molecule has 0 spiro atoms. The molecule has 0 fully saturated rings. The second-order valence-electron chi connectivity index (χ2n) is 4.44. The summed E-state index contributed by atoms with van der Waals surface area (Å²) >= 11 is 0. The molecule has 2 aromatic rings. The maximum absolute atomic E-state index is 11.6. The predicted octanol–water partition coefficient (Wildman–Crippen LogP) is 1.22. The highest BCUT2D eigenvalue weighted by Gasteiger charge is 2.10. The van der Waals surface area contributed by atoms with E-state index in [0.29, 0.717) is 37.7 Å². The van der Waals surface area contributed by atoms with Crippen molar-refractivity contribution in [3.63, 3.8) is 0 Å². The van der Waals surface area contributed by atoms with Crippen molar-refractivity contribution in [2.45, 2.75) is 19.3 Å². The fourth-order valence-electron chi connectivity index (χ4n) is 1.73. The van der Waals surface area contributed by atoms with Crippen LogP contribution in [0.3, 0.4) is 0 Å². The molecule has 0 bridgehead atoms. The lowest BCUT2D eigenvalue weighted by atomic mass is 10.2. The minimum atomic E-state index is -0.0326. The average molecular weight is 290 g/mol. The maximum atomic E-state index is 11.6. The Hall–Kier alpha value is -2.28. The zero-order valence-electron chi connectivity index (χ0n) is 11.9. The van der Waals surface area contributed by atoms with Crippen LogP contribution >= 0.6 is 0 Å². The second-order valence-corrected chi connectivity index (χ2v) is 4.44. The highest BCUT2D eigenvalue weighted by atomic mass is 16.5. The molecular formula is C14H18N4O3. The third-order valence-electron chi connectivity index (χ3n) is 2.82. The smallest absolute Gasteiger partial charge is 0.227 e. The molecule has 0 saturated heterocycles. The van der Waals surface area contributed by atoms with Gasteiger partial charge >= 0.3 is 0 Å². The number of ether oxygens (including phenoxy) is 1. The van der Waals surface area contributed by atoms with E-state index in [0.717, 1.165) is 12.0 Å². The van der Waals surface area contributed by atoms with Crippen molar-refractivity contribution in [2.24, 2.45) is 0 Å². The average Bonchev–Trinajstić information content (AvgIpc) is 2.99. The van der Waals surface area contributed by atoms with E-state index in [1.807, 2.05) is 0 Å². The number of rotatable bonds is 8. The zero-order valence-corrected chi connectivity index (χ0v) is 11.9. The van der Waals surface area contributed by atoms with E-state index in [1.54, 1.807) is 31.6 Å². The van der Waals surface area contributed by atoms with E-state index in [2.05, 4.69) is 20.4 Å². The molecule has 0 atom stereocenters. The van der Waals surface area contributed by atoms with Crippen LogP contribution in [0.2, 0.25) is 0 Å². The van der Waals surface area contributed by atoms with Gasteiger partial charge in [0, 0.05) is 51.1 Å². The molecule has 1 N–H and O–H groups in total. The number of carbonyl (C=O) groups excluding carboxylic acids is 1. The van der Waals surface area contributed by atoms with Crippen LogP contribution in [0.25, 0.3) is 11.4 Å². The number of pyridine rings is 1. The number of aromatic nitrogens is 3. The van der Waals surface area contributed by atoms with Gasteiger partial charge in [0.2, 0.25) is 17.6 Å². The Bertz CT molecular complexity index is 556. The van der Waals surface area contributed by atoms with E-state index in [9.17, 15) is 4.79 Å². The summed E-state index contributed by atoms with van der Waals surface area (Å²) in [4.78, 5) is 19.8. The minimum Gasteiger partial charge on any atom is -0.385 e. The fraction of sp³-hybridized carbons (Fsp3) is 0.429. The van der Waals surface area contributed by atoms with Crippen molar-refractivity contribution in [1.82, 2.24) is 20.4 Å². The Morgan fingerprint density at radius 3 is 2.95 bits per heavy atom. The molecule has 0 aromatic carbocycles. The van der Waals surface area contributed by atoms with Crippen LogP contribution in [-0.4, -0.2) is 41.3 Å². The van der Waals surface area contributed by atoms with Crippen molar-refractivity contribution in [3.05, 3.63) is 30.4 Å². The minimum absolute atomic E-state index is 0.0326. The first-order valence-corrected chi connectivity index (χ1v) is 6.78. The van der Waals surface area contributed by atoms with Gasteiger partial charge in [0.1, 0.15) is 0 Å². The zero-order chi connectivity index (χ0) is 14.9. The Labute approximate surface area is 122 Å². The Balaban J connectivity index is 1.77. The normalized spacial score (nSPS) is 10.5. The number of nitrogens with one attached hydrogen (secondary N) is 1. The molecule has 0 aliphatic heterocycles. The van der Waals surface area contributed by atoms with Gasteiger partial charge in [-0.1, -0.05) is 5.16 Å². The SMILES string of the molecule is COCCCNC(=O)CCc1nc(-c2ccncc2)no1. The Kier molecular flexibility index (Phi) is 5.83. The third-order valence-corrected chi connectivity index (χ3v) is 2.82. The number of hydrogen-bond acceptors (Lipinski definition) is 6. The summed E-state index contributed by atoms with van der Waals surface area (Å²) < 4.78 is 10.0. The third kappa shape index (κ3) is 4.96. The summed E-state index contributed by atoms with van der Waals surface area (Å²) in [7, 11) is 1.64. The van der Waals surface area contributed by atoms with Crippen LogP contribution in [-0.2, 0) is 16.0 Å². The quantitative estimate of drug-likeness (QED) is 0.735. The summed E-state index contributed by atoms with van der Waals surface area (Å²) in [6.45, 7) is 1.25. The van der Waals surface area contributed by atoms with E-state index in [1.165, 1.54) is 0 Å². The van der Waals surface area contributed by atoms with Gasteiger partial charge < -0.3 is 14.6 Å². The van der Waals surface area contributed by atoms with Crippen molar-refractivity contribution in [1.29, 1.82) is 0 Å². The molecule has 1 amide bonds. The van der Waals surface area contributed by atoms with Gasteiger partial charge in [0.05, 0.1) is 0 Å². The van der Waals surface area contributed by atoms with Crippen molar-refractivity contribution >= 4 is 5.91 Å². The number of carbonyl (C=O) groups is 1. The van der Waals surface area contributed by atoms with E-state index < -0.39 is 0 Å². The molecule has 7 heteroatoms. The lowest BCUT2D eigenvalue weighted by Gasteiger charge is -2.02. The van der Waals surface area contributed by atoms with Crippen LogP contribution in [0.5, 0.6) is 0 Å². The van der Waals surface area contributed by atoms with Crippen molar-refractivity contribution in [2.75, 3.05) is 20.3 Å². The number of amides is 1. The number of aryl methyl sites for hydroxylation is 1. The number of methoxy groups -OCH3 is 1. The molecule has 112 valence electrons. The lowest BCUT2D eigenvalue weighted by molar-refractivity contribution is -0.121. The summed E-state index contributed by atoms with van der Waals surface area (Å²) in [6.07, 6.45) is 4.88. The number of nitrogens with zero attached hydrogens (tertiary/aromatic N) is 3. The van der Waals surface area contributed by atoms with Crippen LogP contribution < -0.4 is 5.32 Å². The first kappa shape index (κ1) is 15.1. The maximum Gasteiger partial charge on any atom is 0.227 e. The van der Waals surface area contributed by atoms with Gasteiger partial charge in [-0.3, -0.25) is 9.78 Å². The molecule has 0 radical (unpaired) electrons. The molecule has 2 heterocycles. The highest BCUT2D eigenvalue weighted by molar-refractivity contribution is 5.75. The molecule has 7 nitrogen and oxygen atoms in total. The molecule has 2 aromatic heterocycles. The molecule has 21 heavy (non-hydrogen) atoms. The molecule has 0 aliphatic carbocycles. The van der Waals surface area contributed by atoms with Gasteiger partial charge in [0.15, 0.2) is 0 Å². The van der Waals surface area contributed by atoms with E-state index >= 15 is 0 Å². The summed E-state index contributed by atoms with van der Waals surface area (Å²) in [5, 5.41) is 6.70. The van der Waals surface area contributed by atoms with Gasteiger partial charge in [-0.2, -0.15) is 4.98 Å². The molecular weight excluding hydrogens is 272 g/mol. The van der Waals surface area contributed by atoms with E-state index in [4.69, 9.17) is 9.26 Å². The lowest BCUT2D eigenvalue weighted by Crippen LogP contribution is -2.25. The summed E-state index contributed by atoms with van der Waals surface area (Å²) in [5.74, 6) is 0.927. The highest BCUT2D eigenvalue weighted by Crippen LogP contribution is 2.14. The van der Waals surface area contributed by atoms with Crippen LogP contribution in [0.1, 0.15) is 18.7 Å². The molecule has 2 rings (SSSR count). The largest absolute Gasteiger partial charge is 0.385 e. The standard InChI is InChI=1S/C14H18N4O3/c1-20-10-2-7-16-12(19)3-4-13-17-14(18-21-13)11-5-8-15-9-6-11/h5-6,8-9H,2-4,7,10H2,1H3,(H,16,19). The first-order valence-electron chi connectivity index (χ1n) is 6.78. The number of hydrogen-bond donors (Lipinski definition) is 1. The van der Waals surface area contributed by atoms with Crippen molar-refractivity contribution in [3.8, 4) is 11.4 Å². The van der Waals surface area contributed by atoms with Gasteiger partial charge in [-0.05, 0) is 18.6 Å². The monoisotopic (exact) mass is 290 g/mol. The molecule has 0 unspecified atom stereocenters. The van der Waals surface area contributed by atoms with Crippen LogP contribution in [0.15, 0.2) is 29.0 Å². The van der Waals surface area contributed by atoms with Gasteiger partial charge in [-0.15, -0.1) is 0 Å². The van der Waals surface area contributed by atoms with Gasteiger partial charge in [0.25, 0.3) is 0 Å². The van der Waals surface area contributed by atoms with Crippen LogP contribution in [0.4, 0.5) is 0 Å². The van der Waals surface area contributed by atoms with Gasteiger partial charge in [-0.25, -0.2) is 0 Å². The Morgan fingerprint density at radius 1 is 1.38 bits per heavy atom. The molecule has 0 aliphatic rings. The van der Waals surface area contributed by atoms with Crippen LogP contribution in [0, 0.1) is 0 Å². The topological polar surface area (TPSA) is 90.1 Å². The fourth-order valence-corrected chi connectivity index (χ4v) is 1.73. The Morgan fingerprint density at radius 2 is 2.19 bits per heavy atom.